The molecule has 0 unspecified atom stereocenters. The van der Waals surface area contributed by atoms with Crippen molar-refractivity contribution in [3.05, 3.63) is 25.5 Å². The van der Waals surface area contributed by atoms with Crippen molar-refractivity contribution in [2.24, 2.45) is 0 Å². The number of halogens is 5. The van der Waals surface area contributed by atoms with Crippen molar-refractivity contribution < 1.29 is 27.1 Å². The Morgan fingerprint density at radius 2 is 2.05 bits per heavy atom. The van der Waals surface area contributed by atoms with Crippen LogP contribution in [0.1, 0.15) is 0 Å². The van der Waals surface area contributed by atoms with E-state index >= 15 is 0 Å². The molecule has 0 bridgehead atoms. The van der Waals surface area contributed by atoms with Gasteiger partial charge in [-0.3, -0.25) is 10.1 Å². The maximum atomic E-state index is 12.2. The zero-order valence-electron chi connectivity index (χ0n) is 10.8. The number of carbonyl (C=O) groups is 1. The van der Waals surface area contributed by atoms with E-state index in [0.717, 1.165) is 13.3 Å². The number of hydrogen-bond donors (Lipinski definition) is 1. The molecule has 0 spiro atoms. The van der Waals surface area contributed by atoms with Gasteiger partial charge in [-0.1, -0.05) is 0 Å². The summed E-state index contributed by atoms with van der Waals surface area (Å²) in [6.45, 7) is 0. The molecule has 0 saturated heterocycles. The van der Waals surface area contributed by atoms with E-state index < -0.39 is 18.0 Å². The summed E-state index contributed by atoms with van der Waals surface area (Å²) in [7, 11) is 1.46. The van der Waals surface area contributed by atoms with Gasteiger partial charge in [-0.25, -0.2) is 4.98 Å². The molecule has 0 aliphatic rings. The Bertz CT molecular complexity index is 716. The van der Waals surface area contributed by atoms with Gasteiger partial charge < -0.3 is 9.15 Å². The topological polar surface area (TPSA) is 64.4 Å². The molecular formula is C12H7F3I2N2O3. The zero-order valence-corrected chi connectivity index (χ0v) is 15.1. The van der Waals surface area contributed by atoms with Gasteiger partial charge in [-0.05, 0) is 57.3 Å². The normalized spacial score (nSPS) is 11.4. The van der Waals surface area contributed by atoms with Crippen LogP contribution in [0, 0.1) is 7.14 Å². The average Bonchev–Trinajstić information content (AvgIpc) is 2.85. The summed E-state index contributed by atoms with van der Waals surface area (Å²) in [4.78, 5) is 14.7. The smallest absolute Gasteiger partial charge is 0.471 e. The van der Waals surface area contributed by atoms with Crippen LogP contribution < -0.4 is 10.1 Å². The van der Waals surface area contributed by atoms with Crippen molar-refractivity contribution in [3.8, 4) is 17.2 Å². The first-order valence-corrected chi connectivity index (χ1v) is 7.75. The fourth-order valence-corrected chi connectivity index (χ4v) is 3.63. The number of hydrogen-bond acceptors (Lipinski definition) is 4. The fourth-order valence-electron chi connectivity index (χ4n) is 1.57. The third kappa shape index (κ3) is 3.83. The van der Waals surface area contributed by atoms with Crippen LogP contribution in [0.2, 0.25) is 0 Å². The first-order valence-electron chi connectivity index (χ1n) is 5.59. The van der Waals surface area contributed by atoms with Gasteiger partial charge in [0.15, 0.2) is 0 Å². The van der Waals surface area contributed by atoms with E-state index in [9.17, 15) is 18.0 Å². The summed E-state index contributed by atoms with van der Waals surface area (Å²) in [5.41, 5.74) is 0.478. The predicted molar refractivity (Wildman–Crippen MR) is 88.6 cm³/mol. The second-order valence-electron chi connectivity index (χ2n) is 3.95. The van der Waals surface area contributed by atoms with Gasteiger partial charge in [0.1, 0.15) is 5.75 Å². The zero-order chi connectivity index (χ0) is 16.5. The molecule has 1 N–H and O–H groups in total. The fraction of sp³-hybridized carbons (Fsp3) is 0.167. The first kappa shape index (κ1) is 17.3. The van der Waals surface area contributed by atoms with Crippen LogP contribution in [0.4, 0.5) is 19.1 Å². The summed E-state index contributed by atoms with van der Waals surface area (Å²) in [6, 6.07) is 3.57. The first-order chi connectivity index (χ1) is 10.2. The molecule has 22 heavy (non-hydrogen) atoms. The second-order valence-corrected chi connectivity index (χ2v) is 6.36. The van der Waals surface area contributed by atoms with Crippen LogP contribution in [0.25, 0.3) is 11.5 Å². The number of ether oxygens (including phenoxy) is 1. The number of anilines is 1. The Hall–Kier alpha value is -1.05. The molecule has 0 atom stereocenters. The number of aromatic nitrogens is 1. The van der Waals surface area contributed by atoms with Crippen LogP contribution in [0.3, 0.4) is 0 Å². The van der Waals surface area contributed by atoms with E-state index in [1.54, 1.807) is 11.4 Å². The van der Waals surface area contributed by atoms with Crippen LogP contribution in [0.15, 0.2) is 22.7 Å². The number of carbonyl (C=O) groups excluding carboxylic acids is 1. The van der Waals surface area contributed by atoms with E-state index in [2.05, 4.69) is 50.2 Å². The third-order valence-corrected chi connectivity index (χ3v) is 3.87. The Balaban J connectivity index is 2.35. The highest BCUT2D eigenvalue weighted by atomic mass is 127. The van der Waals surface area contributed by atoms with Gasteiger partial charge >= 0.3 is 12.1 Å². The Morgan fingerprint density at radius 1 is 1.36 bits per heavy atom. The van der Waals surface area contributed by atoms with Gasteiger partial charge in [0.05, 0.1) is 22.4 Å². The number of nitrogens with zero attached hydrogens (tertiary/aromatic N) is 1. The summed E-state index contributed by atoms with van der Waals surface area (Å²) >= 11 is 4.14. The minimum atomic E-state index is -5.00. The molecule has 2 rings (SSSR count). The minimum absolute atomic E-state index is 0.0470. The molecule has 0 radical (unpaired) electrons. The number of nitrogens with one attached hydrogen (secondary N) is 1. The molecule has 1 aromatic heterocycles. The van der Waals surface area contributed by atoms with Crippen LogP contribution in [0.5, 0.6) is 5.75 Å². The number of amides is 1. The standard InChI is InChI=1S/C12H7F3I2N2O3/c1-21-9-6(2-5(16)3-7(9)17)10-18-4-8(22-10)19-11(20)12(13,14)15/h2-4H,1H3,(H,19,20). The SMILES string of the molecule is COc1c(I)cc(I)cc1-c1ncc(NC(=O)C(F)(F)F)o1. The van der Waals surface area contributed by atoms with Crippen molar-refractivity contribution in [2.75, 3.05) is 12.4 Å². The van der Waals surface area contributed by atoms with Crippen molar-refractivity contribution in [2.45, 2.75) is 6.18 Å². The van der Waals surface area contributed by atoms with Crippen molar-refractivity contribution in [1.82, 2.24) is 4.98 Å². The third-order valence-electron chi connectivity index (χ3n) is 2.44. The molecule has 0 aliphatic heterocycles. The minimum Gasteiger partial charge on any atom is -0.495 e. The molecule has 10 heteroatoms. The van der Waals surface area contributed by atoms with Crippen LogP contribution in [-0.2, 0) is 4.79 Å². The number of oxazole rings is 1. The molecule has 5 nitrogen and oxygen atoms in total. The lowest BCUT2D eigenvalue weighted by Gasteiger charge is -2.08. The lowest BCUT2D eigenvalue weighted by molar-refractivity contribution is -0.167. The number of alkyl halides is 3. The molecule has 0 fully saturated rings. The molecule has 1 aromatic carbocycles. The monoisotopic (exact) mass is 538 g/mol. The number of methoxy groups -OCH3 is 1. The van der Waals surface area contributed by atoms with Crippen molar-refractivity contribution in [1.29, 1.82) is 0 Å². The van der Waals surface area contributed by atoms with Crippen molar-refractivity contribution in [3.63, 3.8) is 0 Å². The highest BCUT2D eigenvalue weighted by Crippen LogP contribution is 2.36. The quantitative estimate of drug-likeness (QED) is 0.600. The molecule has 0 saturated carbocycles. The Kier molecular flexibility index (Phi) is 5.19. The maximum absolute atomic E-state index is 12.2. The summed E-state index contributed by atoms with van der Waals surface area (Å²) < 4.78 is 48.7. The van der Waals surface area contributed by atoms with Gasteiger partial charge in [-0.15, -0.1) is 0 Å². The molecule has 1 heterocycles. The predicted octanol–water partition coefficient (Wildman–Crippen LogP) is 4.06. The second kappa shape index (κ2) is 6.60. The molecule has 1 amide bonds. The molecule has 0 aliphatic carbocycles. The highest BCUT2D eigenvalue weighted by molar-refractivity contribution is 14.1. The lowest BCUT2D eigenvalue weighted by atomic mass is 10.2. The maximum Gasteiger partial charge on any atom is 0.471 e. The van der Waals surface area contributed by atoms with Gasteiger partial charge in [0.25, 0.3) is 0 Å². The molecule has 2 aromatic rings. The van der Waals surface area contributed by atoms with E-state index in [-0.39, 0.29) is 5.89 Å². The van der Waals surface area contributed by atoms with Crippen LogP contribution in [-0.4, -0.2) is 24.2 Å². The number of benzene rings is 1. The summed E-state index contributed by atoms with van der Waals surface area (Å²) in [6.07, 6.45) is -3.99. The highest BCUT2D eigenvalue weighted by Gasteiger charge is 2.39. The van der Waals surface area contributed by atoms with Crippen LogP contribution >= 0.6 is 45.2 Å². The van der Waals surface area contributed by atoms with E-state index in [0.29, 0.717) is 11.3 Å². The summed E-state index contributed by atoms with van der Waals surface area (Å²) in [5.74, 6) is -1.99. The van der Waals surface area contributed by atoms with E-state index in [1.165, 1.54) is 7.11 Å². The van der Waals surface area contributed by atoms with Crippen molar-refractivity contribution >= 4 is 57.0 Å². The largest absolute Gasteiger partial charge is 0.495 e. The van der Waals surface area contributed by atoms with E-state index in [1.807, 2.05) is 6.07 Å². The average molecular weight is 538 g/mol. The Morgan fingerprint density at radius 3 is 2.64 bits per heavy atom. The summed E-state index contributed by atoms with van der Waals surface area (Å²) in [5, 5.41) is 1.60. The Labute approximate surface area is 149 Å². The number of rotatable bonds is 3. The van der Waals surface area contributed by atoms with E-state index in [4.69, 9.17) is 9.15 Å². The molecular weight excluding hydrogens is 531 g/mol. The molecule has 118 valence electrons. The van der Waals surface area contributed by atoms with Gasteiger partial charge in [-0.2, -0.15) is 13.2 Å². The van der Waals surface area contributed by atoms with Gasteiger partial charge in [0, 0.05) is 3.57 Å². The lowest BCUT2D eigenvalue weighted by Crippen LogP contribution is -2.29. The van der Waals surface area contributed by atoms with Gasteiger partial charge in [0.2, 0.25) is 11.8 Å².